The second-order valence-corrected chi connectivity index (χ2v) is 11.2. The fourth-order valence-corrected chi connectivity index (χ4v) is 5.01. The zero-order valence-electron chi connectivity index (χ0n) is 26.3. The van der Waals surface area contributed by atoms with Gasteiger partial charge in [0.15, 0.2) is 0 Å². The molecule has 268 valence electrons. The first-order valence-corrected chi connectivity index (χ1v) is 15.2. The molecule has 0 aromatic heterocycles. The third-order valence-corrected chi connectivity index (χ3v) is 7.44. The van der Waals surface area contributed by atoms with Crippen molar-refractivity contribution in [2.24, 2.45) is 5.73 Å². The summed E-state index contributed by atoms with van der Waals surface area (Å²) in [4.78, 5) is 111. The lowest BCUT2D eigenvalue weighted by Crippen LogP contribution is -2.59. The molecule has 1 aromatic carbocycles. The monoisotopic (exact) mass is 692 g/mol. The number of hydrogen-bond acceptors (Lipinski definition) is 10. The summed E-state index contributed by atoms with van der Waals surface area (Å²) in [6, 6.07) is 1.46. The van der Waals surface area contributed by atoms with Gasteiger partial charge in [0.25, 0.3) is 0 Å². The molecule has 10 N–H and O–H groups in total. The number of aliphatic carboxylic acids is 4. The number of carboxylic acid groups (broad SMARTS) is 4. The summed E-state index contributed by atoms with van der Waals surface area (Å²) >= 11 is 0. The van der Waals surface area contributed by atoms with Crippen LogP contribution in [0.1, 0.15) is 50.5 Å². The fourth-order valence-electron chi connectivity index (χ4n) is 5.01. The Kier molecular flexibility index (Phi) is 15.6. The fraction of sp³-hybridized carbons (Fsp3) is 0.500. The van der Waals surface area contributed by atoms with Crippen molar-refractivity contribution in [2.45, 2.75) is 81.6 Å². The minimum atomic E-state index is -1.57. The number of benzene rings is 1. The van der Waals surface area contributed by atoms with Crippen LogP contribution in [0.3, 0.4) is 0 Å². The van der Waals surface area contributed by atoms with Crippen LogP contribution in [0.25, 0.3) is 0 Å². The highest BCUT2D eigenvalue weighted by Gasteiger charge is 2.39. The smallest absolute Gasteiger partial charge is 0.322 e. The molecule has 0 unspecified atom stereocenters. The summed E-state index contributed by atoms with van der Waals surface area (Å²) in [6.07, 6.45) is -2.43. The molecule has 0 spiro atoms. The average Bonchev–Trinajstić information content (AvgIpc) is 3.53. The van der Waals surface area contributed by atoms with Gasteiger partial charge in [-0.1, -0.05) is 30.3 Å². The van der Waals surface area contributed by atoms with Gasteiger partial charge in [-0.2, -0.15) is 0 Å². The highest BCUT2D eigenvalue weighted by atomic mass is 16.4. The standard InChI is InChI=1S/C30H40N6O13/c31-17(14-24(41)42)26(45)35-20(13-16-5-2-1-3-6-16)30(49)36-12-4-7-21(36)29(48)34-19(9-11-23(39)40)28(47)33-18(8-10-22(37)38)27(46)32-15-25(43)44/h1-3,5-6,17-21H,4,7-15,31H2,(H,32,46)(H,33,47)(H,34,48)(H,35,45)(H,37,38)(H,39,40)(H,41,42)(H,43,44)/t17-,18-,19-,20-,21-/m0/s1. The molecular formula is C30H40N6O13. The van der Waals surface area contributed by atoms with E-state index in [2.05, 4.69) is 16.0 Å². The first-order valence-electron chi connectivity index (χ1n) is 15.2. The molecule has 0 radical (unpaired) electrons. The van der Waals surface area contributed by atoms with Crippen molar-refractivity contribution in [3.8, 4) is 0 Å². The summed E-state index contributed by atoms with van der Waals surface area (Å²) in [7, 11) is 0. The molecule has 19 nitrogen and oxygen atoms in total. The van der Waals surface area contributed by atoms with Gasteiger partial charge in [-0.25, -0.2) is 0 Å². The Morgan fingerprint density at radius 2 is 1.31 bits per heavy atom. The Bertz CT molecular complexity index is 1410. The quantitative estimate of drug-likeness (QED) is 0.0677. The number of nitrogens with zero attached hydrogens (tertiary/aromatic N) is 1. The van der Waals surface area contributed by atoms with Crippen molar-refractivity contribution >= 4 is 53.4 Å². The third-order valence-electron chi connectivity index (χ3n) is 7.44. The van der Waals surface area contributed by atoms with Gasteiger partial charge in [0, 0.05) is 25.8 Å². The Balaban J connectivity index is 2.28. The van der Waals surface area contributed by atoms with Crippen LogP contribution in [-0.2, 0) is 49.6 Å². The van der Waals surface area contributed by atoms with E-state index in [1.54, 1.807) is 30.3 Å². The molecule has 1 heterocycles. The predicted octanol–water partition coefficient (Wildman–Crippen LogP) is -2.59. The number of nitrogens with one attached hydrogen (secondary N) is 4. The SMILES string of the molecule is N[C@@H](CC(=O)O)C(=O)N[C@@H](Cc1ccccc1)C(=O)N1CCC[C@H]1C(=O)N[C@@H](CCC(=O)O)C(=O)N[C@@H](CCC(=O)O)C(=O)NCC(=O)O. The third kappa shape index (κ3) is 13.6. The van der Waals surface area contributed by atoms with Crippen molar-refractivity contribution < 1.29 is 63.6 Å². The van der Waals surface area contributed by atoms with Gasteiger partial charge in [-0.3, -0.25) is 43.2 Å². The normalized spacial score (nSPS) is 16.3. The summed E-state index contributed by atoms with van der Waals surface area (Å²) in [6.45, 7) is -0.771. The molecule has 5 atom stereocenters. The predicted molar refractivity (Wildman–Crippen MR) is 165 cm³/mol. The number of amides is 5. The zero-order chi connectivity index (χ0) is 36.7. The van der Waals surface area contributed by atoms with Gasteiger partial charge in [0.05, 0.1) is 12.5 Å². The van der Waals surface area contributed by atoms with E-state index in [4.69, 9.17) is 21.1 Å². The number of carbonyl (C=O) groups excluding carboxylic acids is 5. The van der Waals surface area contributed by atoms with Crippen LogP contribution in [-0.4, -0.2) is 122 Å². The highest BCUT2D eigenvalue weighted by molar-refractivity contribution is 5.97. The van der Waals surface area contributed by atoms with Crippen molar-refractivity contribution in [1.29, 1.82) is 0 Å². The van der Waals surface area contributed by atoms with Crippen LogP contribution in [0, 0.1) is 0 Å². The van der Waals surface area contributed by atoms with Crippen LogP contribution >= 0.6 is 0 Å². The summed E-state index contributed by atoms with van der Waals surface area (Å²) < 4.78 is 0. The second kappa shape index (κ2) is 19.3. The molecule has 49 heavy (non-hydrogen) atoms. The van der Waals surface area contributed by atoms with E-state index >= 15 is 0 Å². The highest BCUT2D eigenvalue weighted by Crippen LogP contribution is 2.20. The van der Waals surface area contributed by atoms with Crippen LogP contribution < -0.4 is 27.0 Å². The molecule has 0 saturated carbocycles. The van der Waals surface area contributed by atoms with Gasteiger partial charge in [-0.15, -0.1) is 0 Å². The number of carbonyl (C=O) groups is 9. The van der Waals surface area contributed by atoms with Crippen LogP contribution in [0.4, 0.5) is 0 Å². The van der Waals surface area contributed by atoms with Gasteiger partial charge in [0.2, 0.25) is 29.5 Å². The topological polar surface area (TPSA) is 312 Å². The molecule has 5 amide bonds. The molecule has 1 fully saturated rings. The van der Waals surface area contributed by atoms with E-state index in [1.165, 1.54) is 4.90 Å². The molecule has 0 bridgehead atoms. The van der Waals surface area contributed by atoms with E-state index in [0.717, 1.165) is 0 Å². The van der Waals surface area contributed by atoms with Crippen molar-refractivity contribution in [3.63, 3.8) is 0 Å². The molecule has 1 aliphatic heterocycles. The number of carboxylic acids is 4. The lowest BCUT2D eigenvalue weighted by molar-refractivity contribution is -0.143. The number of rotatable bonds is 20. The van der Waals surface area contributed by atoms with E-state index < -0.39 is 122 Å². The minimum absolute atomic E-state index is 0.0403. The van der Waals surface area contributed by atoms with Gasteiger partial charge in [-0.05, 0) is 31.2 Å². The van der Waals surface area contributed by atoms with Crippen LogP contribution in [0.15, 0.2) is 30.3 Å². The molecule has 1 aliphatic rings. The van der Waals surface area contributed by atoms with E-state index in [1.807, 2.05) is 5.32 Å². The van der Waals surface area contributed by atoms with Gasteiger partial charge < -0.3 is 52.3 Å². The van der Waals surface area contributed by atoms with Crippen molar-refractivity contribution in [1.82, 2.24) is 26.2 Å². The molecule has 1 aromatic rings. The first-order chi connectivity index (χ1) is 23.1. The molecular weight excluding hydrogens is 652 g/mol. The Morgan fingerprint density at radius 3 is 1.86 bits per heavy atom. The number of nitrogens with two attached hydrogens (primary N) is 1. The molecule has 19 heteroatoms. The van der Waals surface area contributed by atoms with E-state index in [0.29, 0.717) is 12.0 Å². The number of likely N-dealkylation sites (tertiary alicyclic amines) is 1. The summed E-state index contributed by atoms with van der Waals surface area (Å²) in [5.74, 6) is -9.95. The van der Waals surface area contributed by atoms with E-state index in [9.17, 15) is 48.3 Å². The minimum Gasteiger partial charge on any atom is -0.481 e. The Morgan fingerprint density at radius 1 is 0.735 bits per heavy atom. The maximum absolute atomic E-state index is 13.8. The van der Waals surface area contributed by atoms with Gasteiger partial charge in [0.1, 0.15) is 30.7 Å². The maximum atomic E-state index is 13.8. The Hall–Kier alpha value is -5.59. The Labute approximate surface area is 279 Å². The summed E-state index contributed by atoms with van der Waals surface area (Å²) in [5, 5.41) is 45.3. The lowest BCUT2D eigenvalue weighted by Gasteiger charge is -2.30. The van der Waals surface area contributed by atoms with E-state index in [-0.39, 0.29) is 19.4 Å². The van der Waals surface area contributed by atoms with Crippen LogP contribution in [0.2, 0.25) is 0 Å². The molecule has 1 saturated heterocycles. The zero-order valence-corrected chi connectivity index (χ0v) is 26.3. The maximum Gasteiger partial charge on any atom is 0.322 e. The number of hydrogen-bond donors (Lipinski definition) is 9. The molecule has 2 rings (SSSR count). The van der Waals surface area contributed by atoms with Crippen molar-refractivity contribution in [3.05, 3.63) is 35.9 Å². The largest absolute Gasteiger partial charge is 0.481 e. The lowest BCUT2D eigenvalue weighted by atomic mass is 10.0. The van der Waals surface area contributed by atoms with Crippen molar-refractivity contribution in [2.75, 3.05) is 13.1 Å². The first kappa shape index (κ1) is 39.6. The van der Waals surface area contributed by atoms with Crippen LogP contribution in [0.5, 0.6) is 0 Å². The second-order valence-electron chi connectivity index (χ2n) is 11.2. The molecule has 0 aliphatic carbocycles. The van der Waals surface area contributed by atoms with Gasteiger partial charge >= 0.3 is 23.9 Å². The average molecular weight is 693 g/mol. The summed E-state index contributed by atoms with van der Waals surface area (Å²) in [5.41, 5.74) is 6.33.